The summed E-state index contributed by atoms with van der Waals surface area (Å²) < 4.78 is 17.7. The number of esters is 1. The third-order valence-electron chi connectivity index (χ3n) is 6.56. The molecule has 0 saturated carbocycles. The van der Waals surface area contributed by atoms with Gasteiger partial charge in [-0.25, -0.2) is 14.8 Å². The largest absolute Gasteiger partial charge is 0.493 e. The number of allylic oxidation sites excluding steroid dienone is 1. The van der Waals surface area contributed by atoms with Crippen LogP contribution in [0.25, 0.3) is 32.8 Å². The van der Waals surface area contributed by atoms with Crippen LogP contribution >= 0.6 is 11.3 Å². The van der Waals surface area contributed by atoms with E-state index in [0.717, 1.165) is 61.4 Å². The van der Waals surface area contributed by atoms with Gasteiger partial charge in [-0.05, 0) is 65.9 Å². The topological polar surface area (TPSA) is 70.5 Å². The van der Waals surface area contributed by atoms with Gasteiger partial charge in [0, 0.05) is 5.39 Å². The van der Waals surface area contributed by atoms with Crippen molar-refractivity contribution in [1.82, 2.24) is 9.97 Å². The van der Waals surface area contributed by atoms with E-state index >= 15 is 0 Å². The van der Waals surface area contributed by atoms with Crippen molar-refractivity contribution >= 4 is 50.1 Å². The number of thiazole rings is 1. The van der Waals surface area contributed by atoms with Gasteiger partial charge in [0.15, 0.2) is 11.5 Å². The minimum atomic E-state index is -0.346. The lowest BCUT2D eigenvalue weighted by Gasteiger charge is -2.12. The summed E-state index contributed by atoms with van der Waals surface area (Å²) in [6, 6.07) is 21.5. The quantitative estimate of drug-likeness (QED) is 0.238. The average Bonchev–Trinajstić information content (AvgIpc) is 3.53. The zero-order chi connectivity index (χ0) is 25.4. The zero-order valence-electron chi connectivity index (χ0n) is 20.5. The van der Waals surface area contributed by atoms with Crippen molar-refractivity contribution in [3.05, 3.63) is 94.1 Å². The molecule has 0 spiro atoms. The predicted octanol–water partition coefficient (Wildman–Crippen LogP) is 6.71. The van der Waals surface area contributed by atoms with Crippen LogP contribution in [0.15, 0.2) is 66.7 Å². The normalized spacial score (nSPS) is 13.7. The fourth-order valence-electron chi connectivity index (χ4n) is 4.84. The van der Waals surface area contributed by atoms with E-state index in [1.807, 2.05) is 66.7 Å². The third kappa shape index (κ3) is 4.32. The Kier molecular flexibility index (Phi) is 6.06. The number of aromatic nitrogens is 2. The van der Waals surface area contributed by atoms with E-state index in [-0.39, 0.29) is 12.6 Å². The molecular weight excluding hydrogens is 484 g/mol. The highest BCUT2D eigenvalue weighted by molar-refractivity contribution is 7.18. The summed E-state index contributed by atoms with van der Waals surface area (Å²) >= 11 is 1.54. The summed E-state index contributed by atoms with van der Waals surface area (Å²) in [6.07, 6.45) is 3.61. The van der Waals surface area contributed by atoms with Crippen molar-refractivity contribution in [3.63, 3.8) is 0 Å². The molecule has 0 atom stereocenters. The molecule has 0 N–H and O–H groups in total. The van der Waals surface area contributed by atoms with Crippen LogP contribution < -0.4 is 9.47 Å². The zero-order valence-corrected chi connectivity index (χ0v) is 21.3. The van der Waals surface area contributed by atoms with Crippen LogP contribution in [-0.4, -0.2) is 30.2 Å². The summed E-state index contributed by atoms with van der Waals surface area (Å²) in [7, 11) is 3.25. The monoisotopic (exact) mass is 508 g/mol. The van der Waals surface area contributed by atoms with E-state index in [1.165, 1.54) is 0 Å². The van der Waals surface area contributed by atoms with E-state index in [0.29, 0.717) is 17.1 Å². The molecule has 6 nitrogen and oxygen atoms in total. The van der Waals surface area contributed by atoms with Gasteiger partial charge in [-0.2, -0.15) is 0 Å². The Labute approximate surface area is 218 Å². The minimum absolute atomic E-state index is 0.137. The molecule has 184 valence electrons. The van der Waals surface area contributed by atoms with Crippen LogP contribution in [0.5, 0.6) is 11.5 Å². The molecule has 0 saturated heterocycles. The lowest BCUT2D eigenvalue weighted by Crippen LogP contribution is -2.10. The highest BCUT2D eigenvalue weighted by Gasteiger charge is 2.28. The van der Waals surface area contributed by atoms with Gasteiger partial charge in [0.2, 0.25) is 0 Å². The molecule has 0 radical (unpaired) electrons. The van der Waals surface area contributed by atoms with Crippen molar-refractivity contribution < 1.29 is 19.0 Å². The first-order valence-corrected chi connectivity index (χ1v) is 12.8. The summed E-state index contributed by atoms with van der Waals surface area (Å²) in [6.45, 7) is 0.137. The van der Waals surface area contributed by atoms with Crippen LogP contribution in [0.1, 0.15) is 38.6 Å². The molecule has 0 fully saturated rings. The second-order valence-electron chi connectivity index (χ2n) is 8.77. The highest BCUT2D eigenvalue weighted by atomic mass is 32.1. The maximum atomic E-state index is 13.5. The fourth-order valence-corrected chi connectivity index (χ4v) is 5.72. The predicted molar refractivity (Wildman–Crippen MR) is 146 cm³/mol. The molecule has 3 aromatic carbocycles. The first-order chi connectivity index (χ1) is 18.1. The number of nitrogens with zero attached hydrogens (tertiary/aromatic N) is 2. The Morgan fingerprint density at radius 1 is 0.919 bits per heavy atom. The first kappa shape index (κ1) is 23.2. The molecule has 1 aliphatic rings. The summed E-state index contributed by atoms with van der Waals surface area (Å²) in [5, 5.41) is 1.58. The number of carbonyl (C=O) groups is 1. The number of hydrogen-bond acceptors (Lipinski definition) is 7. The number of methoxy groups -OCH3 is 2. The number of pyridine rings is 1. The van der Waals surface area contributed by atoms with Gasteiger partial charge in [-0.15, -0.1) is 11.3 Å². The van der Waals surface area contributed by atoms with E-state index < -0.39 is 0 Å². The molecule has 0 unspecified atom stereocenters. The van der Waals surface area contributed by atoms with Crippen LogP contribution in [0.2, 0.25) is 0 Å². The number of carbonyl (C=O) groups excluding carboxylic acids is 1. The maximum Gasteiger partial charge on any atom is 0.339 e. The number of rotatable bonds is 6. The Morgan fingerprint density at radius 3 is 2.51 bits per heavy atom. The number of ether oxygens (including phenoxy) is 3. The molecule has 2 aromatic heterocycles. The molecule has 0 aliphatic heterocycles. The van der Waals surface area contributed by atoms with Gasteiger partial charge in [-0.3, -0.25) is 0 Å². The van der Waals surface area contributed by atoms with Gasteiger partial charge >= 0.3 is 5.97 Å². The van der Waals surface area contributed by atoms with Gasteiger partial charge in [0.05, 0.1) is 41.2 Å². The van der Waals surface area contributed by atoms with Crippen molar-refractivity contribution in [2.24, 2.45) is 0 Å². The van der Waals surface area contributed by atoms with Crippen molar-refractivity contribution in [1.29, 1.82) is 0 Å². The highest BCUT2D eigenvalue weighted by Crippen LogP contribution is 2.39. The summed E-state index contributed by atoms with van der Waals surface area (Å²) in [5.74, 6) is 1.00. The first-order valence-electron chi connectivity index (χ1n) is 12.0. The van der Waals surface area contributed by atoms with E-state index in [1.54, 1.807) is 25.6 Å². The Morgan fingerprint density at radius 2 is 1.70 bits per heavy atom. The second-order valence-corrected chi connectivity index (χ2v) is 9.88. The molecular formula is C30H24N2O4S. The van der Waals surface area contributed by atoms with Gasteiger partial charge < -0.3 is 14.2 Å². The number of para-hydroxylation sites is 2. The van der Waals surface area contributed by atoms with Gasteiger partial charge in [0.25, 0.3) is 0 Å². The average molecular weight is 509 g/mol. The molecule has 1 aliphatic carbocycles. The molecule has 6 rings (SSSR count). The Balaban J connectivity index is 1.36. The summed E-state index contributed by atoms with van der Waals surface area (Å²) in [4.78, 5) is 23.1. The number of benzene rings is 3. The second kappa shape index (κ2) is 9.67. The van der Waals surface area contributed by atoms with Crippen LogP contribution in [-0.2, 0) is 17.8 Å². The molecule has 37 heavy (non-hydrogen) atoms. The molecule has 7 heteroatoms. The molecule has 0 bridgehead atoms. The lowest BCUT2D eigenvalue weighted by molar-refractivity contribution is 0.0473. The van der Waals surface area contributed by atoms with E-state index in [2.05, 4.69) is 11.1 Å². The number of hydrogen-bond donors (Lipinski definition) is 0. The molecule has 2 heterocycles. The molecule has 0 amide bonds. The Bertz CT molecular complexity index is 1660. The van der Waals surface area contributed by atoms with Crippen LogP contribution in [0, 0.1) is 0 Å². The standard InChI is InChI=1S/C30H24N2O4S/c1-34-24-14-11-18(16-25(24)35-2)15-19-12-13-21-28(20-7-3-4-8-22(20)32-29(19)21)30(33)36-17-27-31-23-9-5-6-10-26(23)37-27/h3-11,14-16H,12-13,17H2,1-2H3/b19-15+. The van der Waals surface area contributed by atoms with Crippen LogP contribution in [0.4, 0.5) is 0 Å². The van der Waals surface area contributed by atoms with Crippen LogP contribution in [0.3, 0.4) is 0 Å². The van der Waals surface area contributed by atoms with E-state index in [4.69, 9.17) is 19.2 Å². The lowest BCUT2D eigenvalue weighted by atomic mass is 10.0. The summed E-state index contributed by atoms with van der Waals surface area (Å²) in [5.41, 5.74) is 6.12. The SMILES string of the molecule is COc1ccc(/C=C2\CCc3c2nc2ccccc2c3C(=O)OCc2nc3ccccc3s2)cc1OC. The van der Waals surface area contributed by atoms with Crippen molar-refractivity contribution in [2.75, 3.05) is 14.2 Å². The maximum absolute atomic E-state index is 13.5. The molecule has 5 aromatic rings. The fraction of sp³-hybridized carbons (Fsp3) is 0.167. The van der Waals surface area contributed by atoms with Crippen molar-refractivity contribution in [2.45, 2.75) is 19.4 Å². The van der Waals surface area contributed by atoms with E-state index in [9.17, 15) is 4.79 Å². The minimum Gasteiger partial charge on any atom is -0.493 e. The van der Waals surface area contributed by atoms with Crippen molar-refractivity contribution in [3.8, 4) is 11.5 Å². The number of fused-ring (bicyclic) bond motifs is 3. The Hall–Kier alpha value is -4.23. The van der Waals surface area contributed by atoms with Gasteiger partial charge in [0.1, 0.15) is 11.6 Å². The third-order valence-corrected chi connectivity index (χ3v) is 7.57. The smallest absolute Gasteiger partial charge is 0.339 e. The van der Waals surface area contributed by atoms with Gasteiger partial charge in [-0.1, -0.05) is 36.4 Å².